The number of nitrogens with one attached hydrogen (secondary N) is 2. The number of hydrogen-bond donors (Lipinski definition) is 3. The van der Waals surface area contributed by atoms with Gasteiger partial charge in [-0.3, -0.25) is 0 Å². The molecule has 0 aromatic carbocycles. The average molecular weight is 238 g/mol. The monoisotopic (exact) mass is 238 g/mol. The van der Waals surface area contributed by atoms with Crippen molar-refractivity contribution in [3.8, 4) is 0 Å². The van der Waals surface area contributed by atoms with Gasteiger partial charge in [0, 0.05) is 24.8 Å². The highest BCUT2D eigenvalue weighted by Gasteiger charge is 2.21. The molecule has 1 unspecified atom stereocenters. The van der Waals surface area contributed by atoms with Crippen LogP contribution in [0.15, 0.2) is 12.4 Å². The van der Waals surface area contributed by atoms with Crippen LogP contribution in [-0.4, -0.2) is 33.8 Å². The van der Waals surface area contributed by atoms with Crippen LogP contribution in [0.3, 0.4) is 0 Å². The molecule has 5 nitrogen and oxygen atoms in total. The number of aromatic nitrogens is 2. The first-order valence-corrected chi connectivity index (χ1v) is 6.08. The maximum Gasteiger partial charge on any atom is 0.131 e. The quantitative estimate of drug-likeness (QED) is 0.676. The highest BCUT2D eigenvalue weighted by molar-refractivity contribution is 5.47. The van der Waals surface area contributed by atoms with Crippen molar-refractivity contribution < 1.29 is 5.11 Å². The summed E-state index contributed by atoms with van der Waals surface area (Å²) in [7, 11) is 0. The predicted molar refractivity (Wildman–Crippen MR) is 70.2 cm³/mol. The molecule has 17 heavy (non-hydrogen) atoms. The molecular weight excluding hydrogens is 216 g/mol. The minimum atomic E-state index is -0.132. The molecule has 1 heterocycles. The molecule has 0 saturated carbocycles. The van der Waals surface area contributed by atoms with E-state index in [9.17, 15) is 0 Å². The third kappa shape index (κ3) is 4.19. The fourth-order valence-corrected chi connectivity index (χ4v) is 1.59. The maximum atomic E-state index is 9.06. The number of hydrogen-bond acceptors (Lipinski definition) is 5. The van der Waals surface area contributed by atoms with E-state index in [0.29, 0.717) is 6.42 Å². The van der Waals surface area contributed by atoms with Gasteiger partial charge in [0.25, 0.3) is 0 Å². The summed E-state index contributed by atoms with van der Waals surface area (Å²) in [5, 5.41) is 15.6. The van der Waals surface area contributed by atoms with Gasteiger partial charge < -0.3 is 15.7 Å². The number of anilines is 2. The van der Waals surface area contributed by atoms with Crippen LogP contribution >= 0.6 is 0 Å². The summed E-state index contributed by atoms with van der Waals surface area (Å²) >= 11 is 0. The van der Waals surface area contributed by atoms with E-state index in [2.05, 4.69) is 34.4 Å². The molecule has 0 aliphatic carbocycles. The molecule has 1 rings (SSSR count). The zero-order valence-electron chi connectivity index (χ0n) is 10.8. The molecule has 1 atom stereocenters. The Bertz CT molecular complexity index is 345. The van der Waals surface area contributed by atoms with E-state index in [1.54, 1.807) is 0 Å². The zero-order chi connectivity index (χ0) is 12.7. The van der Waals surface area contributed by atoms with Gasteiger partial charge in [-0.25, -0.2) is 9.97 Å². The first-order chi connectivity index (χ1) is 8.13. The lowest BCUT2D eigenvalue weighted by Crippen LogP contribution is -2.35. The molecule has 0 aliphatic rings. The van der Waals surface area contributed by atoms with Gasteiger partial charge in [-0.15, -0.1) is 0 Å². The predicted octanol–water partition coefficient (Wildman–Crippen LogP) is 1.87. The Morgan fingerprint density at radius 2 is 2.00 bits per heavy atom. The third-order valence-electron chi connectivity index (χ3n) is 2.90. The van der Waals surface area contributed by atoms with Crippen molar-refractivity contribution in [3.63, 3.8) is 0 Å². The van der Waals surface area contributed by atoms with E-state index in [0.717, 1.165) is 24.6 Å². The van der Waals surface area contributed by atoms with E-state index in [4.69, 9.17) is 5.11 Å². The SMILES string of the molecule is CCNc1cc(NC(C)(CC)CCO)ncn1. The molecule has 0 spiro atoms. The molecule has 1 aromatic rings. The number of nitrogens with zero attached hydrogens (tertiary/aromatic N) is 2. The van der Waals surface area contributed by atoms with Crippen LogP contribution < -0.4 is 10.6 Å². The van der Waals surface area contributed by atoms with Crippen LogP contribution in [0.2, 0.25) is 0 Å². The molecule has 5 heteroatoms. The Kier molecular flexibility index (Phi) is 5.15. The Balaban J connectivity index is 2.75. The lowest BCUT2D eigenvalue weighted by atomic mass is 9.95. The number of rotatable bonds is 7. The van der Waals surface area contributed by atoms with Crippen LogP contribution in [0, 0.1) is 0 Å². The highest BCUT2D eigenvalue weighted by atomic mass is 16.3. The fraction of sp³-hybridized carbons (Fsp3) is 0.667. The van der Waals surface area contributed by atoms with E-state index in [-0.39, 0.29) is 12.1 Å². The molecule has 0 saturated heterocycles. The first-order valence-electron chi connectivity index (χ1n) is 6.08. The molecule has 3 N–H and O–H groups in total. The second-order valence-electron chi connectivity index (χ2n) is 4.33. The normalized spacial score (nSPS) is 14.1. The van der Waals surface area contributed by atoms with Crippen LogP contribution in [-0.2, 0) is 0 Å². The van der Waals surface area contributed by atoms with Crippen molar-refractivity contribution >= 4 is 11.6 Å². The Morgan fingerprint density at radius 1 is 1.29 bits per heavy atom. The lowest BCUT2D eigenvalue weighted by Gasteiger charge is -2.29. The van der Waals surface area contributed by atoms with E-state index in [1.807, 2.05) is 13.0 Å². The van der Waals surface area contributed by atoms with Gasteiger partial charge in [0.05, 0.1) is 0 Å². The molecule has 0 bridgehead atoms. The average Bonchev–Trinajstić information content (AvgIpc) is 2.30. The zero-order valence-corrected chi connectivity index (χ0v) is 10.8. The number of aliphatic hydroxyl groups excluding tert-OH is 1. The summed E-state index contributed by atoms with van der Waals surface area (Å²) in [5.41, 5.74) is -0.132. The second-order valence-corrected chi connectivity index (χ2v) is 4.33. The fourth-order valence-electron chi connectivity index (χ4n) is 1.59. The van der Waals surface area contributed by atoms with E-state index < -0.39 is 0 Å². The topological polar surface area (TPSA) is 70.1 Å². The summed E-state index contributed by atoms with van der Waals surface area (Å²) in [6, 6.07) is 1.88. The minimum absolute atomic E-state index is 0.132. The number of aliphatic hydroxyl groups is 1. The first kappa shape index (κ1) is 13.7. The largest absolute Gasteiger partial charge is 0.396 e. The smallest absolute Gasteiger partial charge is 0.131 e. The van der Waals surface area contributed by atoms with Crippen molar-refractivity contribution in [2.75, 3.05) is 23.8 Å². The van der Waals surface area contributed by atoms with Crippen molar-refractivity contribution in [1.82, 2.24) is 9.97 Å². The van der Waals surface area contributed by atoms with Crippen molar-refractivity contribution in [2.45, 2.75) is 39.2 Å². The summed E-state index contributed by atoms with van der Waals surface area (Å²) in [6.07, 6.45) is 3.16. The van der Waals surface area contributed by atoms with Crippen LogP contribution in [0.4, 0.5) is 11.6 Å². The standard InChI is InChI=1S/C12H22N4O/c1-4-12(3,6-7-17)16-11-8-10(13-5-2)14-9-15-11/h8-9,17H,4-7H2,1-3H3,(H2,13,14,15,16). The summed E-state index contributed by atoms with van der Waals surface area (Å²) in [4.78, 5) is 8.31. The summed E-state index contributed by atoms with van der Waals surface area (Å²) in [6.45, 7) is 7.20. The van der Waals surface area contributed by atoms with Crippen molar-refractivity contribution in [2.24, 2.45) is 0 Å². The van der Waals surface area contributed by atoms with Gasteiger partial charge in [-0.1, -0.05) is 6.92 Å². The molecule has 96 valence electrons. The van der Waals surface area contributed by atoms with Crippen LogP contribution in [0.1, 0.15) is 33.6 Å². The van der Waals surface area contributed by atoms with Gasteiger partial charge in [-0.2, -0.15) is 0 Å². The summed E-state index contributed by atoms with van der Waals surface area (Å²) < 4.78 is 0. The van der Waals surface area contributed by atoms with Crippen LogP contribution in [0.5, 0.6) is 0 Å². The van der Waals surface area contributed by atoms with Gasteiger partial charge >= 0.3 is 0 Å². The molecule has 0 aliphatic heterocycles. The molecular formula is C12H22N4O. The molecule has 0 radical (unpaired) electrons. The van der Waals surface area contributed by atoms with Gasteiger partial charge in [0.1, 0.15) is 18.0 Å². The molecule has 0 amide bonds. The Labute approximate surface area is 103 Å². The van der Waals surface area contributed by atoms with E-state index >= 15 is 0 Å². The second kappa shape index (κ2) is 6.39. The molecule has 1 aromatic heterocycles. The minimum Gasteiger partial charge on any atom is -0.396 e. The highest BCUT2D eigenvalue weighted by Crippen LogP contribution is 2.21. The van der Waals surface area contributed by atoms with Crippen molar-refractivity contribution in [3.05, 3.63) is 12.4 Å². The Morgan fingerprint density at radius 3 is 2.59 bits per heavy atom. The van der Waals surface area contributed by atoms with Gasteiger partial charge in [0.15, 0.2) is 0 Å². The van der Waals surface area contributed by atoms with Gasteiger partial charge in [-0.05, 0) is 26.7 Å². The maximum absolute atomic E-state index is 9.06. The lowest BCUT2D eigenvalue weighted by molar-refractivity contribution is 0.252. The summed E-state index contributed by atoms with van der Waals surface area (Å²) in [5.74, 6) is 1.60. The van der Waals surface area contributed by atoms with E-state index in [1.165, 1.54) is 6.33 Å². The third-order valence-corrected chi connectivity index (χ3v) is 2.90. The van der Waals surface area contributed by atoms with Crippen molar-refractivity contribution in [1.29, 1.82) is 0 Å². The van der Waals surface area contributed by atoms with Crippen LogP contribution in [0.25, 0.3) is 0 Å². The molecule has 0 fully saturated rings. The van der Waals surface area contributed by atoms with Gasteiger partial charge in [0.2, 0.25) is 0 Å². The Hall–Kier alpha value is -1.36.